The fourth-order valence-electron chi connectivity index (χ4n) is 2.82. The molecule has 1 saturated heterocycles. The van der Waals surface area contributed by atoms with Gasteiger partial charge in [-0.15, -0.1) is 0 Å². The van der Waals surface area contributed by atoms with Crippen LogP contribution in [0.15, 0.2) is 29.4 Å². The lowest BCUT2D eigenvalue weighted by molar-refractivity contribution is 0.0398. The van der Waals surface area contributed by atoms with E-state index in [0.29, 0.717) is 34.5 Å². The van der Waals surface area contributed by atoms with E-state index in [1.807, 2.05) is 30.5 Å². The van der Waals surface area contributed by atoms with Crippen molar-refractivity contribution in [3.8, 4) is 17.3 Å². The van der Waals surface area contributed by atoms with Gasteiger partial charge < -0.3 is 15.8 Å². The Balaban J connectivity index is 1.84. The van der Waals surface area contributed by atoms with Gasteiger partial charge in [-0.05, 0) is 18.4 Å². The fourth-order valence-corrected chi connectivity index (χ4v) is 3.18. The van der Waals surface area contributed by atoms with Gasteiger partial charge in [0, 0.05) is 37.4 Å². The van der Waals surface area contributed by atoms with Gasteiger partial charge in [-0.1, -0.05) is 23.9 Å². The van der Waals surface area contributed by atoms with Crippen molar-refractivity contribution in [3.05, 3.63) is 29.8 Å². The molecule has 0 aliphatic carbocycles. The fraction of sp³-hybridized carbons (Fsp3) is 0.389. The van der Waals surface area contributed by atoms with Gasteiger partial charge in [-0.2, -0.15) is 5.26 Å². The second-order valence-electron chi connectivity index (χ2n) is 5.90. The number of anilines is 2. The summed E-state index contributed by atoms with van der Waals surface area (Å²) in [5.74, 6) is 0.567. The van der Waals surface area contributed by atoms with Gasteiger partial charge in [0.25, 0.3) is 0 Å². The third-order valence-corrected chi connectivity index (χ3v) is 4.71. The molecule has 0 amide bonds. The minimum Gasteiger partial charge on any atom is -0.399 e. The Morgan fingerprint density at radius 2 is 2.15 bits per heavy atom. The van der Waals surface area contributed by atoms with Crippen LogP contribution in [0.4, 0.5) is 11.5 Å². The average molecular weight is 370 g/mol. The van der Waals surface area contributed by atoms with Crippen molar-refractivity contribution >= 4 is 23.3 Å². The quantitative estimate of drug-likeness (QED) is 0.453. The van der Waals surface area contributed by atoms with Crippen molar-refractivity contribution in [1.29, 1.82) is 5.26 Å². The zero-order valence-electron chi connectivity index (χ0n) is 14.7. The number of nitriles is 1. The van der Waals surface area contributed by atoms with Gasteiger partial charge in [0.15, 0.2) is 5.16 Å². The van der Waals surface area contributed by atoms with Crippen molar-refractivity contribution < 1.29 is 4.74 Å². The number of nitrogens with zero attached hydrogens (tertiary/aromatic N) is 4. The number of aromatic nitrogens is 2. The summed E-state index contributed by atoms with van der Waals surface area (Å²) < 4.78 is 5.37. The Labute approximate surface area is 157 Å². The number of nitrogens with one attached hydrogen (secondary N) is 1. The van der Waals surface area contributed by atoms with Gasteiger partial charge in [0.1, 0.15) is 17.5 Å². The molecule has 2 aromatic rings. The molecule has 0 unspecified atom stereocenters. The lowest BCUT2D eigenvalue weighted by Gasteiger charge is -2.26. The van der Waals surface area contributed by atoms with E-state index in [1.165, 1.54) is 11.8 Å². The lowest BCUT2D eigenvalue weighted by atomic mass is 10.1. The molecule has 1 aliphatic rings. The largest absolute Gasteiger partial charge is 0.399 e. The number of rotatable bonds is 6. The van der Waals surface area contributed by atoms with Crippen LogP contribution in [-0.4, -0.2) is 60.5 Å². The summed E-state index contributed by atoms with van der Waals surface area (Å²) in [6, 6.07) is 9.65. The first-order valence-corrected chi connectivity index (χ1v) is 9.69. The van der Waals surface area contributed by atoms with Crippen LogP contribution in [0, 0.1) is 11.3 Å². The van der Waals surface area contributed by atoms with E-state index in [4.69, 9.17) is 10.5 Å². The number of nitrogens with two attached hydrogens (primary N) is 1. The van der Waals surface area contributed by atoms with E-state index >= 15 is 0 Å². The van der Waals surface area contributed by atoms with Gasteiger partial charge in [-0.3, -0.25) is 4.90 Å². The molecule has 1 aliphatic heterocycles. The maximum atomic E-state index is 9.71. The Bertz CT molecular complexity index is 801. The first kappa shape index (κ1) is 18.5. The number of ether oxygens (including phenoxy) is 1. The van der Waals surface area contributed by atoms with Crippen LogP contribution in [0.1, 0.15) is 5.56 Å². The summed E-state index contributed by atoms with van der Waals surface area (Å²) in [5.41, 5.74) is 8.39. The van der Waals surface area contributed by atoms with Crippen molar-refractivity contribution in [2.75, 3.05) is 56.7 Å². The molecule has 0 radical (unpaired) electrons. The van der Waals surface area contributed by atoms with E-state index in [-0.39, 0.29) is 0 Å². The summed E-state index contributed by atoms with van der Waals surface area (Å²) >= 11 is 1.45. The van der Waals surface area contributed by atoms with Gasteiger partial charge in [-0.25, -0.2) is 9.97 Å². The summed E-state index contributed by atoms with van der Waals surface area (Å²) in [6.07, 6.45) is 1.92. The predicted octanol–water partition coefficient (Wildman–Crippen LogP) is 2.06. The molecule has 7 nitrogen and oxygen atoms in total. The molecule has 0 spiro atoms. The highest BCUT2D eigenvalue weighted by Gasteiger charge is 2.17. The Hall–Kier alpha value is -2.34. The van der Waals surface area contributed by atoms with Crippen LogP contribution in [0.5, 0.6) is 0 Å². The zero-order valence-corrected chi connectivity index (χ0v) is 15.6. The number of thioether (sulfide) groups is 1. The minimum atomic E-state index is 0.440. The van der Waals surface area contributed by atoms with Gasteiger partial charge in [0.05, 0.1) is 18.9 Å². The Morgan fingerprint density at radius 3 is 2.85 bits per heavy atom. The second kappa shape index (κ2) is 8.85. The van der Waals surface area contributed by atoms with Crippen molar-refractivity contribution in [2.45, 2.75) is 5.16 Å². The maximum absolute atomic E-state index is 9.71. The molecule has 1 fully saturated rings. The smallest absolute Gasteiger partial charge is 0.189 e. The third kappa shape index (κ3) is 4.43. The first-order valence-electron chi connectivity index (χ1n) is 8.47. The molecule has 3 N–H and O–H groups in total. The lowest BCUT2D eigenvalue weighted by Crippen LogP contribution is -2.39. The highest BCUT2D eigenvalue weighted by Crippen LogP contribution is 2.29. The van der Waals surface area contributed by atoms with Gasteiger partial charge in [0.2, 0.25) is 0 Å². The van der Waals surface area contributed by atoms with E-state index in [1.54, 1.807) is 0 Å². The minimum absolute atomic E-state index is 0.440. The van der Waals surface area contributed by atoms with Crippen molar-refractivity contribution in [2.24, 2.45) is 0 Å². The molecular formula is C18H22N6OS. The third-order valence-electron chi connectivity index (χ3n) is 4.17. The monoisotopic (exact) mass is 370 g/mol. The molecule has 3 rings (SSSR count). The summed E-state index contributed by atoms with van der Waals surface area (Å²) in [5, 5.41) is 13.6. The number of benzene rings is 1. The molecule has 1 aromatic heterocycles. The molecule has 8 heteroatoms. The Morgan fingerprint density at radius 1 is 1.35 bits per heavy atom. The SMILES string of the molecule is CSc1nc(NCCN2CCOCC2)c(C#N)c(-c2cccc(N)c2)n1. The number of morpholine rings is 1. The highest BCUT2D eigenvalue weighted by molar-refractivity contribution is 7.98. The Kier molecular flexibility index (Phi) is 6.28. The van der Waals surface area contributed by atoms with Crippen LogP contribution in [0.25, 0.3) is 11.3 Å². The van der Waals surface area contributed by atoms with Crippen molar-refractivity contribution in [3.63, 3.8) is 0 Å². The molecule has 0 atom stereocenters. The van der Waals surface area contributed by atoms with Crippen LogP contribution < -0.4 is 11.1 Å². The van der Waals surface area contributed by atoms with E-state index in [2.05, 4.69) is 26.3 Å². The molecule has 136 valence electrons. The molecule has 0 bridgehead atoms. The summed E-state index contributed by atoms with van der Waals surface area (Å²) in [4.78, 5) is 11.4. The molecule has 0 saturated carbocycles. The van der Waals surface area contributed by atoms with E-state index in [9.17, 15) is 5.26 Å². The van der Waals surface area contributed by atoms with Crippen LogP contribution in [0.3, 0.4) is 0 Å². The topological polar surface area (TPSA) is 100 Å². The van der Waals surface area contributed by atoms with E-state index < -0.39 is 0 Å². The zero-order chi connectivity index (χ0) is 18.4. The predicted molar refractivity (Wildman–Crippen MR) is 104 cm³/mol. The summed E-state index contributed by atoms with van der Waals surface area (Å²) in [7, 11) is 0. The van der Waals surface area contributed by atoms with Crippen molar-refractivity contribution in [1.82, 2.24) is 14.9 Å². The molecular weight excluding hydrogens is 348 g/mol. The molecule has 1 aromatic carbocycles. The number of hydrogen-bond donors (Lipinski definition) is 2. The summed E-state index contributed by atoms with van der Waals surface area (Å²) in [6.45, 7) is 4.99. The number of nitrogen functional groups attached to an aromatic ring is 1. The van der Waals surface area contributed by atoms with Crippen LogP contribution >= 0.6 is 11.8 Å². The maximum Gasteiger partial charge on any atom is 0.189 e. The number of hydrogen-bond acceptors (Lipinski definition) is 8. The average Bonchev–Trinajstić information content (AvgIpc) is 2.68. The normalized spacial score (nSPS) is 14.8. The standard InChI is InChI=1S/C18H22N6OS/c1-26-18-22-16(13-3-2-4-14(20)11-13)15(12-19)17(23-18)21-5-6-24-7-9-25-10-8-24/h2-4,11H,5-10,20H2,1H3,(H,21,22,23). The molecule has 26 heavy (non-hydrogen) atoms. The molecule has 2 heterocycles. The highest BCUT2D eigenvalue weighted by atomic mass is 32.2. The van der Waals surface area contributed by atoms with E-state index in [0.717, 1.165) is 38.4 Å². The van der Waals surface area contributed by atoms with Gasteiger partial charge >= 0.3 is 0 Å². The first-order chi connectivity index (χ1) is 12.7. The second-order valence-corrected chi connectivity index (χ2v) is 6.67. The van der Waals surface area contributed by atoms with Crippen LogP contribution in [0.2, 0.25) is 0 Å². The van der Waals surface area contributed by atoms with Crippen LogP contribution in [-0.2, 0) is 4.74 Å².